The standard InChI is InChI=1S/C28H23ClN4O/c1-17-7-10-22(11-8-17)33-19(3)25(16-30-33)27-15-24(23-13-18(2)9-12-26(23)32-27)28(34)31-21-6-4-5-20(29)14-21/h4-16H,1-3H3,(H,31,34). The van der Waals surface area contributed by atoms with Crippen molar-refractivity contribution in [1.29, 1.82) is 0 Å². The summed E-state index contributed by atoms with van der Waals surface area (Å²) in [7, 11) is 0. The molecule has 0 atom stereocenters. The van der Waals surface area contributed by atoms with Crippen LogP contribution in [0.1, 0.15) is 27.2 Å². The second kappa shape index (κ2) is 8.76. The van der Waals surface area contributed by atoms with Gasteiger partial charge in [-0.2, -0.15) is 5.10 Å². The fourth-order valence-corrected chi connectivity index (χ4v) is 4.23. The maximum atomic E-state index is 13.4. The number of halogens is 1. The molecule has 2 heterocycles. The molecule has 34 heavy (non-hydrogen) atoms. The number of rotatable bonds is 4. The highest BCUT2D eigenvalue weighted by Crippen LogP contribution is 2.29. The summed E-state index contributed by atoms with van der Waals surface area (Å²) >= 11 is 6.10. The van der Waals surface area contributed by atoms with Crippen molar-refractivity contribution in [1.82, 2.24) is 14.8 Å². The van der Waals surface area contributed by atoms with Crippen molar-refractivity contribution >= 4 is 34.1 Å². The van der Waals surface area contributed by atoms with E-state index in [9.17, 15) is 4.79 Å². The Hall–Kier alpha value is -3.96. The van der Waals surface area contributed by atoms with Gasteiger partial charge in [0.15, 0.2) is 0 Å². The quantitative estimate of drug-likeness (QED) is 0.312. The summed E-state index contributed by atoms with van der Waals surface area (Å²) in [6, 6.07) is 23.1. The number of anilines is 1. The zero-order chi connectivity index (χ0) is 23.8. The van der Waals surface area contributed by atoms with E-state index in [1.165, 1.54) is 5.56 Å². The molecule has 0 saturated heterocycles. The third-order valence-electron chi connectivity index (χ3n) is 5.86. The number of aryl methyl sites for hydroxylation is 2. The van der Waals surface area contributed by atoms with Gasteiger partial charge in [-0.25, -0.2) is 9.67 Å². The van der Waals surface area contributed by atoms with E-state index in [-0.39, 0.29) is 5.91 Å². The summed E-state index contributed by atoms with van der Waals surface area (Å²) in [6.45, 7) is 6.07. The Morgan fingerprint density at radius 1 is 0.912 bits per heavy atom. The van der Waals surface area contributed by atoms with Crippen LogP contribution >= 0.6 is 11.6 Å². The van der Waals surface area contributed by atoms with Gasteiger partial charge in [-0.15, -0.1) is 0 Å². The molecule has 5 rings (SSSR count). The third kappa shape index (κ3) is 4.18. The van der Waals surface area contributed by atoms with E-state index in [1.54, 1.807) is 24.4 Å². The minimum Gasteiger partial charge on any atom is -0.322 e. The van der Waals surface area contributed by atoms with E-state index in [1.807, 2.05) is 61.0 Å². The van der Waals surface area contributed by atoms with Crippen LogP contribution in [0.2, 0.25) is 5.02 Å². The zero-order valence-electron chi connectivity index (χ0n) is 19.1. The highest BCUT2D eigenvalue weighted by Gasteiger charge is 2.18. The lowest BCUT2D eigenvalue weighted by molar-refractivity contribution is 0.102. The zero-order valence-corrected chi connectivity index (χ0v) is 19.9. The first-order valence-electron chi connectivity index (χ1n) is 11.0. The van der Waals surface area contributed by atoms with Crippen LogP contribution in [-0.4, -0.2) is 20.7 Å². The van der Waals surface area contributed by atoms with Gasteiger partial charge in [0.05, 0.1) is 34.4 Å². The van der Waals surface area contributed by atoms with Gasteiger partial charge < -0.3 is 5.32 Å². The molecule has 5 nitrogen and oxygen atoms in total. The molecule has 0 radical (unpaired) electrons. The van der Waals surface area contributed by atoms with Gasteiger partial charge in [-0.3, -0.25) is 4.79 Å². The molecule has 3 aromatic carbocycles. The van der Waals surface area contributed by atoms with E-state index in [0.717, 1.165) is 33.4 Å². The largest absolute Gasteiger partial charge is 0.322 e. The SMILES string of the molecule is Cc1ccc(-n2ncc(-c3cc(C(=O)Nc4cccc(Cl)c4)c4cc(C)ccc4n3)c2C)cc1. The molecular formula is C28H23ClN4O. The maximum absolute atomic E-state index is 13.4. The van der Waals surface area contributed by atoms with Crippen LogP contribution in [0.4, 0.5) is 5.69 Å². The van der Waals surface area contributed by atoms with Gasteiger partial charge >= 0.3 is 0 Å². The number of carbonyl (C=O) groups is 1. The minimum atomic E-state index is -0.218. The molecule has 1 N–H and O–H groups in total. The molecule has 0 bridgehead atoms. The molecule has 0 fully saturated rings. The Morgan fingerprint density at radius 3 is 2.44 bits per heavy atom. The maximum Gasteiger partial charge on any atom is 0.256 e. The molecule has 5 aromatic rings. The molecule has 168 valence electrons. The van der Waals surface area contributed by atoms with Gasteiger partial charge in [-0.1, -0.05) is 47.0 Å². The first-order chi connectivity index (χ1) is 16.4. The molecule has 0 aliphatic heterocycles. The molecule has 6 heteroatoms. The number of nitrogens with zero attached hydrogens (tertiary/aromatic N) is 3. The Bertz CT molecular complexity index is 1540. The van der Waals surface area contributed by atoms with Crippen molar-refractivity contribution in [2.75, 3.05) is 5.32 Å². The van der Waals surface area contributed by atoms with Crippen molar-refractivity contribution in [2.45, 2.75) is 20.8 Å². The molecular weight excluding hydrogens is 444 g/mol. The predicted octanol–water partition coefficient (Wildman–Crippen LogP) is 6.92. The Labute approximate surface area is 203 Å². The van der Waals surface area contributed by atoms with Gasteiger partial charge in [-0.05, 0) is 69.3 Å². The van der Waals surface area contributed by atoms with Crippen molar-refractivity contribution in [3.8, 4) is 16.9 Å². The lowest BCUT2D eigenvalue weighted by Gasteiger charge is -2.12. The first kappa shape index (κ1) is 21.9. The predicted molar refractivity (Wildman–Crippen MR) is 138 cm³/mol. The van der Waals surface area contributed by atoms with Crippen LogP contribution in [0.15, 0.2) is 79.0 Å². The summed E-state index contributed by atoms with van der Waals surface area (Å²) in [5.74, 6) is -0.218. The van der Waals surface area contributed by atoms with E-state index >= 15 is 0 Å². The summed E-state index contributed by atoms with van der Waals surface area (Å²) in [4.78, 5) is 18.3. The topological polar surface area (TPSA) is 59.8 Å². The van der Waals surface area contributed by atoms with Crippen molar-refractivity contribution in [3.63, 3.8) is 0 Å². The Kier molecular flexibility index (Phi) is 5.64. The lowest BCUT2D eigenvalue weighted by atomic mass is 10.0. The molecule has 1 amide bonds. The summed E-state index contributed by atoms with van der Waals surface area (Å²) in [6.07, 6.45) is 1.80. The minimum absolute atomic E-state index is 0.218. The molecule has 0 spiro atoms. The van der Waals surface area contributed by atoms with Crippen LogP contribution in [0.3, 0.4) is 0 Å². The fourth-order valence-electron chi connectivity index (χ4n) is 4.04. The molecule has 0 unspecified atom stereocenters. The van der Waals surface area contributed by atoms with E-state index in [4.69, 9.17) is 16.6 Å². The van der Waals surface area contributed by atoms with Crippen LogP contribution in [-0.2, 0) is 0 Å². The Morgan fingerprint density at radius 2 is 1.68 bits per heavy atom. The summed E-state index contributed by atoms with van der Waals surface area (Å²) in [5, 5.41) is 8.93. The highest BCUT2D eigenvalue weighted by molar-refractivity contribution is 6.31. The van der Waals surface area contributed by atoms with Crippen LogP contribution in [0.5, 0.6) is 0 Å². The average molecular weight is 467 g/mol. The third-order valence-corrected chi connectivity index (χ3v) is 6.09. The van der Waals surface area contributed by atoms with E-state index < -0.39 is 0 Å². The smallest absolute Gasteiger partial charge is 0.256 e. The number of amides is 1. The Balaban J connectivity index is 1.61. The number of carbonyl (C=O) groups excluding carboxylic acids is 1. The van der Waals surface area contributed by atoms with E-state index in [0.29, 0.717) is 22.0 Å². The molecule has 2 aromatic heterocycles. The number of nitrogens with one attached hydrogen (secondary N) is 1. The van der Waals surface area contributed by atoms with Gasteiger partial charge in [0.1, 0.15) is 0 Å². The first-order valence-corrected chi connectivity index (χ1v) is 11.4. The number of fused-ring (bicyclic) bond motifs is 1. The van der Waals surface area contributed by atoms with Crippen molar-refractivity contribution in [2.24, 2.45) is 0 Å². The highest BCUT2D eigenvalue weighted by atomic mass is 35.5. The fraction of sp³-hybridized carbons (Fsp3) is 0.107. The number of pyridine rings is 1. The lowest BCUT2D eigenvalue weighted by Crippen LogP contribution is -2.13. The van der Waals surface area contributed by atoms with Crippen molar-refractivity contribution in [3.05, 3.63) is 106 Å². The van der Waals surface area contributed by atoms with Crippen LogP contribution in [0, 0.1) is 20.8 Å². The number of benzene rings is 3. The second-order valence-electron chi connectivity index (χ2n) is 8.43. The van der Waals surface area contributed by atoms with Gasteiger partial charge in [0.25, 0.3) is 5.91 Å². The number of hydrogen-bond acceptors (Lipinski definition) is 3. The van der Waals surface area contributed by atoms with E-state index in [2.05, 4.69) is 29.5 Å². The van der Waals surface area contributed by atoms with Gasteiger partial charge in [0.2, 0.25) is 0 Å². The molecule has 0 aliphatic carbocycles. The van der Waals surface area contributed by atoms with Crippen LogP contribution in [0.25, 0.3) is 27.8 Å². The monoisotopic (exact) mass is 466 g/mol. The summed E-state index contributed by atoms with van der Waals surface area (Å²) < 4.78 is 1.89. The summed E-state index contributed by atoms with van der Waals surface area (Å²) in [5.41, 5.74) is 7.68. The van der Waals surface area contributed by atoms with Gasteiger partial charge in [0, 0.05) is 21.7 Å². The van der Waals surface area contributed by atoms with Crippen LogP contribution < -0.4 is 5.32 Å². The number of hydrogen-bond donors (Lipinski definition) is 1. The second-order valence-corrected chi connectivity index (χ2v) is 8.87. The van der Waals surface area contributed by atoms with Crippen molar-refractivity contribution < 1.29 is 4.79 Å². The number of aromatic nitrogens is 3. The molecule has 0 saturated carbocycles. The average Bonchev–Trinajstić information content (AvgIpc) is 3.20. The normalized spacial score (nSPS) is 11.1. The molecule has 0 aliphatic rings.